The Labute approximate surface area is 115 Å². The Bertz CT molecular complexity index is 536. The Morgan fingerprint density at radius 1 is 1.47 bits per heavy atom. The highest BCUT2D eigenvalue weighted by molar-refractivity contribution is 7.09. The van der Waals surface area contributed by atoms with E-state index in [1.807, 2.05) is 12.3 Å². The van der Waals surface area contributed by atoms with E-state index in [1.54, 1.807) is 11.3 Å². The van der Waals surface area contributed by atoms with E-state index in [4.69, 9.17) is 5.11 Å². The van der Waals surface area contributed by atoms with Crippen molar-refractivity contribution in [2.45, 2.75) is 38.1 Å². The largest absolute Gasteiger partial charge is 0.481 e. The van der Waals surface area contributed by atoms with Gasteiger partial charge in [-0.25, -0.2) is 4.98 Å². The molecule has 2 atom stereocenters. The highest BCUT2D eigenvalue weighted by atomic mass is 32.1. The molecular formula is C13H16N2O3S. The lowest BCUT2D eigenvalue weighted by atomic mass is 9.77. The van der Waals surface area contributed by atoms with Crippen LogP contribution in [-0.4, -0.2) is 22.0 Å². The number of rotatable bonds is 4. The SMILES string of the molecule is Cc1csc(C2(NC(=O)[C@@H]3C[C@@H]3C(=O)O)CCC2)n1. The summed E-state index contributed by atoms with van der Waals surface area (Å²) in [6.45, 7) is 1.94. The minimum absolute atomic E-state index is 0.125. The van der Waals surface area contributed by atoms with Gasteiger partial charge in [-0.3, -0.25) is 9.59 Å². The highest BCUT2D eigenvalue weighted by Gasteiger charge is 2.51. The maximum absolute atomic E-state index is 12.1. The van der Waals surface area contributed by atoms with Crippen LogP contribution in [-0.2, 0) is 15.1 Å². The van der Waals surface area contributed by atoms with Gasteiger partial charge in [-0.05, 0) is 32.6 Å². The van der Waals surface area contributed by atoms with E-state index in [-0.39, 0.29) is 17.4 Å². The number of carbonyl (C=O) groups excluding carboxylic acids is 1. The predicted molar refractivity (Wildman–Crippen MR) is 69.8 cm³/mol. The van der Waals surface area contributed by atoms with Gasteiger partial charge in [0.15, 0.2) is 0 Å². The first kappa shape index (κ1) is 12.6. The van der Waals surface area contributed by atoms with E-state index >= 15 is 0 Å². The van der Waals surface area contributed by atoms with Crippen LogP contribution in [0.25, 0.3) is 0 Å². The highest BCUT2D eigenvalue weighted by Crippen LogP contribution is 2.45. The van der Waals surface area contributed by atoms with Crippen molar-refractivity contribution in [3.8, 4) is 0 Å². The van der Waals surface area contributed by atoms with Gasteiger partial charge in [0.1, 0.15) is 5.01 Å². The Hall–Kier alpha value is -1.43. The first-order valence-corrected chi connectivity index (χ1v) is 7.37. The molecule has 1 heterocycles. The number of nitrogens with zero attached hydrogens (tertiary/aromatic N) is 1. The number of aromatic nitrogens is 1. The minimum Gasteiger partial charge on any atom is -0.481 e. The predicted octanol–water partition coefficient (Wildman–Crippen LogP) is 1.67. The molecule has 2 N–H and O–H groups in total. The quantitative estimate of drug-likeness (QED) is 0.879. The van der Waals surface area contributed by atoms with Gasteiger partial charge in [-0.2, -0.15) is 0 Å². The average molecular weight is 280 g/mol. The van der Waals surface area contributed by atoms with Crippen molar-refractivity contribution in [1.29, 1.82) is 0 Å². The van der Waals surface area contributed by atoms with Crippen LogP contribution in [0.15, 0.2) is 5.38 Å². The summed E-state index contributed by atoms with van der Waals surface area (Å²) in [7, 11) is 0. The summed E-state index contributed by atoms with van der Waals surface area (Å²) in [5.74, 6) is -1.83. The molecule has 2 saturated carbocycles. The van der Waals surface area contributed by atoms with E-state index in [9.17, 15) is 9.59 Å². The molecule has 1 amide bonds. The van der Waals surface area contributed by atoms with E-state index in [0.717, 1.165) is 30.0 Å². The van der Waals surface area contributed by atoms with Crippen LogP contribution in [0.5, 0.6) is 0 Å². The standard InChI is InChI=1S/C13H16N2O3S/c1-7-6-19-12(14-7)13(3-2-4-13)15-10(16)8-5-9(8)11(17)18/h6,8-9H,2-5H2,1H3,(H,15,16)(H,17,18)/t8-,9+/m1/s1. The molecule has 0 radical (unpaired) electrons. The van der Waals surface area contributed by atoms with Gasteiger partial charge in [0.25, 0.3) is 0 Å². The van der Waals surface area contributed by atoms with Gasteiger partial charge in [0.05, 0.1) is 17.4 Å². The normalized spacial score (nSPS) is 27.4. The van der Waals surface area contributed by atoms with Crippen LogP contribution < -0.4 is 5.32 Å². The molecule has 19 heavy (non-hydrogen) atoms. The van der Waals surface area contributed by atoms with Gasteiger partial charge >= 0.3 is 5.97 Å². The molecule has 2 aliphatic rings. The van der Waals surface area contributed by atoms with E-state index in [2.05, 4.69) is 10.3 Å². The third-order valence-electron chi connectivity index (χ3n) is 4.04. The first-order valence-electron chi connectivity index (χ1n) is 6.49. The second kappa shape index (κ2) is 4.30. The maximum atomic E-state index is 12.1. The molecule has 2 fully saturated rings. The van der Waals surface area contributed by atoms with Gasteiger partial charge in [-0.1, -0.05) is 0 Å². The van der Waals surface area contributed by atoms with Crippen molar-refractivity contribution in [3.63, 3.8) is 0 Å². The van der Waals surface area contributed by atoms with Crippen molar-refractivity contribution >= 4 is 23.2 Å². The summed E-state index contributed by atoms with van der Waals surface area (Å²) >= 11 is 1.57. The number of aliphatic carboxylic acids is 1. The zero-order valence-corrected chi connectivity index (χ0v) is 11.5. The van der Waals surface area contributed by atoms with Crippen LogP contribution in [0, 0.1) is 18.8 Å². The fraction of sp³-hybridized carbons (Fsp3) is 0.615. The minimum atomic E-state index is -0.868. The van der Waals surface area contributed by atoms with Gasteiger partial charge in [-0.15, -0.1) is 11.3 Å². The molecule has 3 rings (SSSR count). The molecule has 0 unspecified atom stereocenters. The van der Waals surface area contributed by atoms with Crippen LogP contribution in [0.4, 0.5) is 0 Å². The first-order chi connectivity index (χ1) is 9.02. The van der Waals surface area contributed by atoms with Crippen molar-refractivity contribution in [1.82, 2.24) is 10.3 Å². The smallest absolute Gasteiger partial charge is 0.307 e. The van der Waals surface area contributed by atoms with Crippen LogP contribution in [0.1, 0.15) is 36.4 Å². The number of carbonyl (C=O) groups is 2. The molecular weight excluding hydrogens is 264 g/mol. The zero-order valence-electron chi connectivity index (χ0n) is 10.7. The van der Waals surface area contributed by atoms with E-state index in [1.165, 1.54) is 0 Å². The number of thiazole rings is 1. The molecule has 2 aliphatic carbocycles. The zero-order chi connectivity index (χ0) is 13.6. The second-order valence-corrected chi connectivity index (χ2v) is 6.36. The molecule has 6 heteroatoms. The van der Waals surface area contributed by atoms with Crippen molar-refractivity contribution < 1.29 is 14.7 Å². The molecule has 0 saturated heterocycles. The molecule has 0 bridgehead atoms. The molecule has 0 spiro atoms. The number of hydrogen-bond acceptors (Lipinski definition) is 4. The monoisotopic (exact) mass is 280 g/mol. The molecule has 0 aromatic carbocycles. The molecule has 1 aromatic heterocycles. The van der Waals surface area contributed by atoms with E-state index in [0.29, 0.717) is 6.42 Å². The molecule has 0 aliphatic heterocycles. The summed E-state index contributed by atoms with van der Waals surface area (Å²) in [4.78, 5) is 27.4. The topological polar surface area (TPSA) is 79.3 Å². The maximum Gasteiger partial charge on any atom is 0.307 e. The molecule has 5 nitrogen and oxygen atoms in total. The Balaban J connectivity index is 1.71. The van der Waals surface area contributed by atoms with Crippen molar-refractivity contribution in [2.24, 2.45) is 11.8 Å². The summed E-state index contributed by atoms with van der Waals surface area (Å²) in [6, 6.07) is 0. The third kappa shape index (κ3) is 2.14. The Morgan fingerprint density at radius 3 is 2.63 bits per heavy atom. The number of carboxylic acid groups (broad SMARTS) is 1. The Kier molecular flexibility index (Phi) is 2.85. The number of nitrogens with one attached hydrogen (secondary N) is 1. The second-order valence-electron chi connectivity index (χ2n) is 5.51. The summed E-state index contributed by atoms with van der Waals surface area (Å²) in [5, 5.41) is 14.9. The number of amides is 1. The summed E-state index contributed by atoms with van der Waals surface area (Å²) in [6.07, 6.45) is 3.34. The van der Waals surface area contributed by atoms with Gasteiger partial charge in [0.2, 0.25) is 5.91 Å². The molecule has 1 aromatic rings. The number of hydrogen-bond donors (Lipinski definition) is 2. The number of carboxylic acids is 1. The average Bonchev–Trinajstić information content (AvgIpc) is 3.01. The van der Waals surface area contributed by atoms with Gasteiger partial charge in [0, 0.05) is 11.1 Å². The van der Waals surface area contributed by atoms with Crippen LogP contribution in [0.2, 0.25) is 0 Å². The Morgan fingerprint density at radius 2 is 2.21 bits per heavy atom. The fourth-order valence-corrected chi connectivity index (χ4v) is 3.59. The third-order valence-corrected chi connectivity index (χ3v) is 5.21. The van der Waals surface area contributed by atoms with Crippen LogP contribution >= 0.6 is 11.3 Å². The van der Waals surface area contributed by atoms with E-state index < -0.39 is 11.9 Å². The lowest BCUT2D eigenvalue weighted by Crippen LogP contribution is -2.51. The lowest BCUT2D eigenvalue weighted by Gasteiger charge is -2.41. The lowest BCUT2D eigenvalue weighted by molar-refractivity contribution is -0.140. The van der Waals surface area contributed by atoms with Crippen molar-refractivity contribution in [2.75, 3.05) is 0 Å². The van der Waals surface area contributed by atoms with Crippen LogP contribution in [0.3, 0.4) is 0 Å². The fourth-order valence-electron chi connectivity index (χ4n) is 2.58. The molecule has 102 valence electrons. The number of aryl methyl sites for hydroxylation is 1. The summed E-state index contributed by atoms with van der Waals surface area (Å²) < 4.78 is 0. The van der Waals surface area contributed by atoms with Crippen molar-refractivity contribution in [3.05, 3.63) is 16.1 Å². The summed E-state index contributed by atoms with van der Waals surface area (Å²) in [5.41, 5.74) is 0.636. The van der Waals surface area contributed by atoms with Gasteiger partial charge < -0.3 is 10.4 Å².